The minimum Gasteiger partial charge on any atom is -0.491 e. The van der Waals surface area contributed by atoms with E-state index in [-0.39, 0.29) is 29.0 Å². The van der Waals surface area contributed by atoms with Gasteiger partial charge in [0.25, 0.3) is 0 Å². The highest BCUT2D eigenvalue weighted by molar-refractivity contribution is 6.51. The van der Waals surface area contributed by atoms with Crippen molar-refractivity contribution in [3.63, 3.8) is 0 Å². The molecule has 130 valence electrons. The third-order valence-electron chi connectivity index (χ3n) is 6.36. The van der Waals surface area contributed by atoms with Crippen LogP contribution in [0.3, 0.4) is 0 Å². The molecule has 0 N–H and O–H groups in total. The first-order chi connectivity index (χ1) is 11.1. The molecule has 0 radical (unpaired) electrons. The Morgan fingerprint density at radius 3 is 2.17 bits per heavy atom. The Morgan fingerprint density at radius 2 is 1.62 bits per heavy atom. The van der Waals surface area contributed by atoms with Crippen LogP contribution in [-0.2, 0) is 9.31 Å². The summed E-state index contributed by atoms with van der Waals surface area (Å²) in [5, 5.41) is 1.37. The molecule has 6 heteroatoms. The van der Waals surface area contributed by atoms with Crippen LogP contribution in [0.2, 0.25) is 15.4 Å². The van der Waals surface area contributed by atoms with Crippen molar-refractivity contribution in [2.24, 2.45) is 5.41 Å². The van der Waals surface area contributed by atoms with Crippen molar-refractivity contribution in [1.29, 1.82) is 0 Å². The molecule has 1 aliphatic heterocycles. The zero-order chi connectivity index (χ0) is 17.4. The second-order valence-corrected chi connectivity index (χ2v) is 9.69. The fourth-order valence-corrected chi connectivity index (χ4v) is 4.87. The van der Waals surface area contributed by atoms with Gasteiger partial charge in [0.1, 0.15) is 5.75 Å². The maximum atomic E-state index is 6.25. The van der Waals surface area contributed by atoms with E-state index in [4.69, 9.17) is 37.2 Å². The Bertz CT molecular complexity index is 653. The van der Waals surface area contributed by atoms with Crippen LogP contribution in [-0.4, -0.2) is 24.9 Å². The molecule has 3 nitrogen and oxygen atoms in total. The molecule has 4 aliphatic rings. The summed E-state index contributed by atoms with van der Waals surface area (Å²) in [6, 6.07) is 5.35. The molecule has 1 aromatic rings. The van der Waals surface area contributed by atoms with Crippen molar-refractivity contribution in [1.82, 2.24) is 0 Å². The van der Waals surface area contributed by atoms with Crippen LogP contribution in [0.4, 0.5) is 0 Å². The predicted octanol–water partition coefficient (Wildman–Crippen LogP) is 5.39. The number of halogens is 2. The third kappa shape index (κ3) is 2.41. The van der Waals surface area contributed by atoms with E-state index in [2.05, 4.69) is 27.7 Å². The van der Waals surface area contributed by atoms with Gasteiger partial charge in [-0.05, 0) is 65.2 Å². The zero-order valence-electron chi connectivity index (χ0n) is 14.6. The Hall–Kier alpha value is -0.415. The Balaban J connectivity index is 1.35. The summed E-state index contributed by atoms with van der Waals surface area (Å²) in [5.41, 5.74) is -0.256. The molecule has 0 unspecified atom stereocenters. The number of ether oxygens (including phenoxy) is 1. The Morgan fingerprint density at radius 1 is 1.04 bits per heavy atom. The maximum Gasteiger partial charge on any atom is 0.464 e. The molecule has 5 rings (SSSR count). The Kier molecular flexibility index (Phi) is 3.59. The van der Waals surface area contributed by atoms with E-state index >= 15 is 0 Å². The monoisotopic (exact) mass is 368 g/mol. The largest absolute Gasteiger partial charge is 0.491 e. The summed E-state index contributed by atoms with van der Waals surface area (Å²) in [7, 11) is -0.0940. The molecule has 0 atom stereocenters. The average Bonchev–Trinajstić information content (AvgIpc) is 2.57. The topological polar surface area (TPSA) is 27.7 Å². The summed E-state index contributed by atoms with van der Waals surface area (Å²) < 4.78 is 18.5. The average molecular weight is 369 g/mol. The number of benzene rings is 1. The quantitative estimate of drug-likeness (QED) is 0.667. The molecule has 0 spiro atoms. The summed E-state index contributed by atoms with van der Waals surface area (Å²) in [5.74, 6) is 0.704. The first-order valence-corrected chi connectivity index (χ1v) is 9.26. The highest BCUT2D eigenvalue weighted by Crippen LogP contribution is 2.80. The van der Waals surface area contributed by atoms with Crippen LogP contribution < -0.4 is 4.74 Å². The summed E-state index contributed by atoms with van der Waals surface area (Å²) in [6.07, 6.45) is 3.30. The molecule has 4 fully saturated rings. The Labute approximate surface area is 154 Å². The highest BCUT2D eigenvalue weighted by atomic mass is 35.5. The van der Waals surface area contributed by atoms with Gasteiger partial charge in [-0.3, -0.25) is 0 Å². The van der Waals surface area contributed by atoms with Crippen molar-refractivity contribution >= 4 is 30.3 Å². The fraction of sp³-hybridized carbons (Fsp3) is 0.667. The molecule has 1 heterocycles. The minimum atomic E-state index is -0.256. The normalized spacial score (nSPS) is 35.3. The zero-order valence-corrected chi connectivity index (χ0v) is 16.1. The van der Waals surface area contributed by atoms with E-state index in [0.29, 0.717) is 22.4 Å². The van der Waals surface area contributed by atoms with Gasteiger partial charge in [-0.1, -0.05) is 23.2 Å². The lowest BCUT2D eigenvalue weighted by Gasteiger charge is -2.70. The van der Waals surface area contributed by atoms with Crippen LogP contribution in [0.15, 0.2) is 18.2 Å². The van der Waals surface area contributed by atoms with Gasteiger partial charge in [-0.15, -0.1) is 0 Å². The van der Waals surface area contributed by atoms with Gasteiger partial charge in [-0.25, -0.2) is 0 Å². The van der Waals surface area contributed by atoms with Crippen molar-refractivity contribution in [2.45, 2.75) is 63.5 Å². The second-order valence-electron chi connectivity index (χ2n) is 8.84. The van der Waals surface area contributed by atoms with Crippen molar-refractivity contribution in [2.75, 3.05) is 6.61 Å². The molecule has 1 saturated heterocycles. The molecule has 1 aromatic carbocycles. The van der Waals surface area contributed by atoms with Crippen LogP contribution in [0, 0.1) is 5.41 Å². The van der Waals surface area contributed by atoms with E-state index < -0.39 is 0 Å². The molecular weight excluding hydrogens is 346 g/mol. The predicted molar refractivity (Wildman–Crippen MR) is 97.0 cm³/mol. The molecule has 0 aromatic heterocycles. The molecule has 3 saturated carbocycles. The minimum absolute atomic E-state index is 0.0940. The summed E-state index contributed by atoms with van der Waals surface area (Å²) in [6.45, 7) is 9.13. The second kappa shape index (κ2) is 5.06. The van der Waals surface area contributed by atoms with Gasteiger partial charge in [-0.2, -0.15) is 0 Å². The lowest BCUT2D eigenvalue weighted by atomic mass is 9.24. The number of hydrogen-bond acceptors (Lipinski definition) is 3. The lowest BCUT2D eigenvalue weighted by molar-refractivity contribution is -0.134. The van der Waals surface area contributed by atoms with E-state index in [0.717, 1.165) is 19.3 Å². The maximum absolute atomic E-state index is 6.25. The van der Waals surface area contributed by atoms with Gasteiger partial charge in [0.2, 0.25) is 0 Å². The van der Waals surface area contributed by atoms with Gasteiger partial charge in [0.15, 0.2) is 0 Å². The van der Waals surface area contributed by atoms with Crippen LogP contribution in [0.5, 0.6) is 5.75 Å². The molecule has 3 aliphatic carbocycles. The molecule has 0 amide bonds. The van der Waals surface area contributed by atoms with E-state index in [1.165, 1.54) is 0 Å². The number of rotatable bonds is 4. The number of hydrogen-bond donors (Lipinski definition) is 0. The fourth-order valence-electron chi connectivity index (χ4n) is 4.40. The molecule has 2 bridgehead atoms. The van der Waals surface area contributed by atoms with Crippen molar-refractivity contribution in [3.05, 3.63) is 28.2 Å². The molecule has 24 heavy (non-hydrogen) atoms. The summed E-state index contributed by atoms with van der Waals surface area (Å²) in [4.78, 5) is 0. The van der Waals surface area contributed by atoms with E-state index in [1.807, 2.05) is 6.07 Å². The SMILES string of the molecule is CC1(C)OB(C23CC(COc4ccc(Cl)cc4Cl)(C2)C3)OC1(C)C. The van der Waals surface area contributed by atoms with Gasteiger partial charge in [0, 0.05) is 15.8 Å². The highest BCUT2D eigenvalue weighted by Gasteiger charge is 2.76. The van der Waals surface area contributed by atoms with Crippen LogP contribution >= 0.6 is 23.2 Å². The van der Waals surface area contributed by atoms with Gasteiger partial charge >= 0.3 is 7.12 Å². The smallest absolute Gasteiger partial charge is 0.464 e. The third-order valence-corrected chi connectivity index (χ3v) is 6.89. The first-order valence-electron chi connectivity index (χ1n) is 8.50. The van der Waals surface area contributed by atoms with Gasteiger partial charge < -0.3 is 14.0 Å². The van der Waals surface area contributed by atoms with Crippen molar-refractivity contribution < 1.29 is 14.0 Å². The van der Waals surface area contributed by atoms with Crippen LogP contribution in [0.1, 0.15) is 47.0 Å². The standard InChI is InChI=1S/C18H23BCl2O3/c1-15(2)16(3,4)24-19(23-15)18-8-17(9-18,10-18)11-22-14-6-5-12(20)7-13(14)21/h5-7H,8-11H2,1-4H3. The molecular formula is C18H23BCl2O3. The van der Waals surface area contributed by atoms with Gasteiger partial charge in [0.05, 0.1) is 22.8 Å². The van der Waals surface area contributed by atoms with Crippen molar-refractivity contribution in [3.8, 4) is 5.75 Å². The van der Waals surface area contributed by atoms with E-state index in [1.54, 1.807) is 12.1 Å². The summed E-state index contributed by atoms with van der Waals surface area (Å²) >= 11 is 12.1. The first kappa shape index (κ1) is 17.0. The lowest BCUT2D eigenvalue weighted by Crippen LogP contribution is -2.66. The van der Waals surface area contributed by atoms with E-state index in [9.17, 15) is 0 Å². The van der Waals surface area contributed by atoms with Crippen LogP contribution in [0.25, 0.3) is 0 Å².